The Bertz CT molecular complexity index is 545. The molecular weight excluding hydrogens is 294 g/mol. The molecule has 126 valence electrons. The molecule has 3 atom stereocenters. The summed E-state index contributed by atoms with van der Waals surface area (Å²) in [5.74, 6) is -0.655. The largest absolute Gasteiger partial charge is 0.449 e. The summed E-state index contributed by atoms with van der Waals surface area (Å²) >= 11 is 0. The number of benzene rings is 1. The van der Waals surface area contributed by atoms with Crippen molar-refractivity contribution in [2.24, 2.45) is 0 Å². The minimum absolute atomic E-state index is 0.0745. The van der Waals surface area contributed by atoms with E-state index in [0.29, 0.717) is 5.56 Å². The van der Waals surface area contributed by atoms with Crippen molar-refractivity contribution in [3.8, 4) is 0 Å². The number of hydrogen-bond donors (Lipinski definition) is 1. The molecule has 1 aliphatic rings. The van der Waals surface area contributed by atoms with Crippen molar-refractivity contribution in [2.45, 2.75) is 64.8 Å². The Labute approximate surface area is 137 Å². The predicted octanol–water partition coefficient (Wildman–Crippen LogP) is 2.51. The minimum Gasteiger partial charge on any atom is -0.449 e. The van der Waals surface area contributed by atoms with Crippen molar-refractivity contribution in [2.75, 3.05) is 0 Å². The van der Waals surface area contributed by atoms with Crippen LogP contribution in [-0.2, 0) is 16.1 Å². The highest BCUT2D eigenvalue weighted by Crippen LogP contribution is 2.24. The van der Waals surface area contributed by atoms with Gasteiger partial charge in [0.1, 0.15) is 0 Å². The smallest absolute Gasteiger partial charge is 0.338 e. The Hall–Kier alpha value is -1.88. The third-order valence-electron chi connectivity index (χ3n) is 4.45. The average Bonchev–Trinajstić information content (AvgIpc) is 2.54. The van der Waals surface area contributed by atoms with Crippen LogP contribution in [0.5, 0.6) is 0 Å². The highest BCUT2D eigenvalue weighted by molar-refractivity contribution is 5.92. The van der Waals surface area contributed by atoms with Gasteiger partial charge in [0.05, 0.1) is 12.2 Å². The van der Waals surface area contributed by atoms with E-state index in [0.717, 1.165) is 24.8 Å². The van der Waals surface area contributed by atoms with Crippen LogP contribution in [-0.4, -0.2) is 40.1 Å². The van der Waals surface area contributed by atoms with Gasteiger partial charge in [0.2, 0.25) is 0 Å². The number of amides is 1. The molecule has 23 heavy (non-hydrogen) atoms. The number of piperidine rings is 1. The first-order valence-corrected chi connectivity index (χ1v) is 8.17. The number of rotatable bonds is 4. The molecule has 0 aromatic heterocycles. The van der Waals surface area contributed by atoms with Crippen LogP contribution in [0, 0.1) is 0 Å². The van der Waals surface area contributed by atoms with Crippen LogP contribution in [0.15, 0.2) is 24.3 Å². The fourth-order valence-electron chi connectivity index (χ4n) is 3.09. The molecule has 1 saturated heterocycles. The van der Waals surface area contributed by atoms with E-state index >= 15 is 0 Å². The maximum atomic E-state index is 12.6. The summed E-state index contributed by atoms with van der Waals surface area (Å²) in [6, 6.07) is 6.87. The average molecular weight is 319 g/mol. The summed E-state index contributed by atoms with van der Waals surface area (Å²) < 4.78 is 5.33. The molecule has 0 saturated carbocycles. The SMILES string of the molecule is C[C@@H](OC(=O)c1ccc(CO)cc1)C(=O)N1[C@@H](C)CCC[C@@H]1C. The maximum Gasteiger partial charge on any atom is 0.338 e. The van der Waals surface area contributed by atoms with Crippen molar-refractivity contribution >= 4 is 11.9 Å². The summed E-state index contributed by atoms with van der Waals surface area (Å²) in [5.41, 5.74) is 1.10. The van der Waals surface area contributed by atoms with Gasteiger partial charge in [-0.15, -0.1) is 0 Å². The molecule has 0 unspecified atom stereocenters. The van der Waals surface area contributed by atoms with Crippen LogP contribution < -0.4 is 0 Å². The fourth-order valence-corrected chi connectivity index (χ4v) is 3.09. The number of nitrogens with zero attached hydrogens (tertiary/aromatic N) is 1. The number of carbonyl (C=O) groups is 2. The van der Waals surface area contributed by atoms with Gasteiger partial charge in [-0.2, -0.15) is 0 Å². The number of ether oxygens (including phenoxy) is 1. The predicted molar refractivity (Wildman–Crippen MR) is 86.9 cm³/mol. The monoisotopic (exact) mass is 319 g/mol. The third kappa shape index (κ3) is 4.10. The molecule has 0 bridgehead atoms. The fraction of sp³-hybridized carbons (Fsp3) is 0.556. The molecule has 0 spiro atoms. The van der Waals surface area contributed by atoms with E-state index in [2.05, 4.69) is 0 Å². The number of hydrogen-bond acceptors (Lipinski definition) is 4. The van der Waals surface area contributed by atoms with Crippen molar-refractivity contribution in [1.29, 1.82) is 0 Å². The van der Waals surface area contributed by atoms with Crippen molar-refractivity contribution in [3.05, 3.63) is 35.4 Å². The van der Waals surface area contributed by atoms with Gasteiger partial charge in [-0.1, -0.05) is 12.1 Å². The highest BCUT2D eigenvalue weighted by Gasteiger charge is 2.33. The first-order valence-electron chi connectivity index (χ1n) is 8.17. The van der Waals surface area contributed by atoms with Gasteiger partial charge in [0.25, 0.3) is 5.91 Å². The standard InChI is InChI=1S/C18H25NO4/c1-12-5-4-6-13(2)19(12)17(21)14(3)23-18(22)16-9-7-15(11-20)8-10-16/h7-10,12-14,20H,4-6,11H2,1-3H3/t12-,13-,14+/m0/s1. The highest BCUT2D eigenvalue weighted by atomic mass is 16.5. The summed E-state index contributed by atoms with van der Waals surface area (Å²) in [6.45, 7) is 5.62. The van der Waals surface area contributed by atoms with Crippen LogP contribution >= 0.6 is 0 Å². The van der Waals surface area contributed by atoms with E-state index in [1.54, 1.807) is 31.2 Å². The van der Waals surface area contributed by atoms with Gasteiger partial charge in [0, 0.05) is 12.1 Å². The lowest BCUT2D eigenvalue weighted by Gasteiger charge is -2.40. The summed E-state index contributed by atoms with van der Waals surface area (Å²) in [5, 5.41) is 9.01. The van der Waals surface area contributed by atoms with Crippen LogP contribution in [0.25, 0.3) is 0 Å². The number of esters is 1. The summed E-state index contributed by atoms with van der Waals surface area (Å²) in [7, 11) is 0. The number of carbonyl (C=O) groups excluding carboxylic acids is 2. The van der Waals surface area contributed by atoms with Crippen LogP contribution in [0.3, 0.4) is 0 Å². The van der Waals surface area contributed by atoms with Crippen LogP contribution in [0.1, 0.15) is 56.0 Å². The molecule has 1 amide bonds. The van der Waals surface area contributed by atoms with Crippen LogP contribution in [0.4, 0.5) is 0 Å². The van der Waals surface area contributed by atoms with Gasteiger partial charge in [-0.3, -0.25) is 4.79 Å². The second kappa shape index (κ2) is 7.59. The molecule has 5 heteroatoms. The molecule has 1 N–H and O–H groups in total. The molecule has 1 heterocycles. The minimum atomic E-state index is -0.803. The van der Waals surface area contributed by atoms with E-state index in [4.69, 9.17) is 9.84 Å². The first kappa shape index (κ1) is 17.5. The lowest BCUT2D eigenvalue weighted by atomic mass is 9.97. The lowest BCUT2D eigenvalue weighted by Crippen LogP contribution is -2.51. The third-order valence-corrected chi connectivity index (χ3v) is 4.45. The van der Waals surface area contributed by atoms with Crippen molar-refractivity contribution in [1.82, 2.24) is 4.90 Å². The zero-order chi connectivity index (χ0) is 17.0. The molecule has 1 aromatic carbocycles. The zero-order valence-corrected chi connectivity index (χ0v) is 14.0. The van der Waals surface area contributed by atoms with Gasteiger partial charge in [-0.05, 0) is 57.7 Å². The number of aliphatic hydroxyl groups is 1. The Balaban J connectivity index is 2.00. The molecule has 0 radical (unpaired) electrons. The van der Waals surface area contributed by atoms with E-state index in [-0.39, 0.29) is 24.6 Å². The summed E-state index contributed by atoms with van der Waals surface area (Å²) in [6.07, 6.45) is 2.29. The maximum absolute atomic E-state index is 12.6. The molecule has 0 aliphatic carbocycles. The number of likely N-dealkylation sites (tertiary alicyclic amines) is 1. The molecule has 1 aliphatic heterocycles. The van der Waals surface area contributed by atoms with Gasteiger partial charge < -0.3 is 14.7 Å². The Morgan fingerprint density at radius 2 is 1.78 bits per heavy atom. The topological polar surface area (TPSA) is 66.8 Å². The Morgan fingerprint density at radius 3 is 2.30 bits per heavy atom. The normalized spacial score (nSPS) is 22.5. The second-order valence-electron chi connectivity index (χ2n) is 6.28. The molecule has 5 nitrogen and oxygen atoms in total. The van der Waals surface area contributed by atoms with Crippen molar-refractivity contribution < 1.29 is 19.4 Å². The second-order valence-corrected chi connectivity index (χ2v) is 6.28. The molecule has 1 aromatic rings. The number of aliphatic hydroxyl groups excluding tert-OH is 1. The van der Waals surface area contributed by atoms with Gasteiger partial charge in [0.15, 0.2) is 6.10 Å². The zero-order valence-electron chi connectivity index (χ0n) is 14.0. The van der Waals surface area contributed by atoms with Gasteiger partial charge in [-0.25, -0.2) is 4.79 Å². The van der Waals surface area contributed by atoms with Crippen LogP contribution in [0.2, 0.25) is 0 Å². The molecule has 2 rings (SSSR count). The van der Waals surface area contributed by atoms with Gasteiger partial charge >= 0.3 is 5.97 Å². The van der Waals surface area contributed by atoms with E-state index in [1.165, 1.54) is 0 Å². The first-order chi connectivity index (χ1) is 10.9. The quantitative estimate of drug-likeness (QED) is 0.866. The van der Waals surface area contributed by atoms with E-state index < -0.39 is 12.1 Å². The van der Waals surface area contributed by atoms with E-state index in [1.807, 2.05) is 18.7 Å². The summed E-state index contributed by atoms with van der Waals surface area (Å²) in [4.78, 5) is 26.6. The lowest BCUT2D eigenvalue weighted by molar-refractivity contribution is -0.146. The van der Waals surface area contributed by atoms with E-state index in [9.17, 15) is 9.59 Å². The van der Waals surface area contributed by atoms with Crippen molar-refractivity contribution in [3.63, 3.8) is 0 Å². The molecular formula is C18H25NO4. The Morgan fingerprint density at radius 1 is 1.22 bits per heavy atom. The Kier molecular flexibility index (Phi) is 5.77. The molecule has 1 fully saturated rings.